The molecule has 0 fully saturated rings. The minimum atomic E-state index is -0.620. The number of aromatic nitrogens is 4. The van der Waals surface area contributed by atoms with E-state index in [0.29, 0.717) is 5.82 Å². The van der Waals surface area contributed by atoms with Crippen molar-refractivity contribution < 1.29 is 4.39 Å². The average Bonchev–Trinajstić information content (AvgIpc) is 2.95. The Morgan fingerprint density at radius 3 is 2.81 bits per heavy atom. The number of nitrogens with one attached hydrogen (secondary N) is 1. The number of benzene rings is 1. The van der Waals surface area contributed by atoms with E-state index in [4.69, 9.17) is 17.3 Å². The quantitative estimate of drug-likeness (QED) is 0.757. The van der Waals surface area contributed by atoms with Crippen molar-refractivity contribution in [2.24, 2.45) is 5.73 Å². The van der Waals surface area contributed by atoms with Gasteiger partial charge >= 0.3 is 0 Å². The van der Waals surface area contributed by atoms with Gasteiger partial charge in [0.25, 0.3) is 5.56 Å². The highest BCUT2D eigenvalue weighted by molar-refractivity contribution is 6.35. The minimum absolute atomic E-state index is 0.00988. The molecule has 2 aromatic heterocycles. The summed E-state index contributed by atoms with van der Waals surface area (Å²) in [6, 6.07) is 3.51. The molecular formula is C13H11ClFN5O. The molecule has 0 radical (unpaired) electrons. The Bertz CT molecular complexity index is 872. The summed E-state index contributed by atoms with van der Waals surface area (Å²) < 4.78 is 15.2. The first kappa shape index (κ1) is 13.7. The Morgan fingerprint density at radius 2 is 2.19 bits per heavy atom. The molecule has 0 aliphatic carbocycles. The summed E-state index contributed by atoms with van der Waals surface area (Å²) in [7, 11) is 0. The van der Waals surface area contributed by atoms with Crippen LogP contribution in [0.4, 0.5) is 4.39 Å². The molecule has 8 heteroatoms. The maximum Gasteiger partial charge on any atom is 0.268 e. The number of hydrogen-bond acceptors (Lipinski definition) is 4. The van der Waals surface area contributed by atoms with Crippen LogP contribution >= 0.6 is 11.6 Å². The zero-order chi connectivity index (χ0) is 15.1. The molecule has 0 aliphatic heterocycles. The highest BCUT2D eigenvalue weighted by atomic mass is 35.5. The Morgan fingerprint density at radius 1 is 1.43 bits per heavy atom. The van der Waals surface area contributed by atoms with Crippen molar-refractivity contribution in [2.75, 3.05) is 0 Å². The third kappa shape index (κ3) is 2.10. The fourth-order valence-electron chi connectivity index (χ4n) is 2.15. The summed E-state index contributed by atoms with van der Waals surface area (Å²) in [5, 5.41) is 6.61. The van der Waals surface area contributed by atoms with Gasteiger partial charge in [0.2, 0.25) is 0 Å². The van der Waals surface area contributed by atoms with Crippen LogP contribution in [0, 0.1) is 5.82 Å². The van der Waals surface area contributed by atoms with Gasteiger partial charge in [-0.25, -0.2) is 13.9 Å². The van der Waals surface area contributed by atoms with Gasteiger partial charge in [-0.3, -0.25) is 9.89 Å². The number of nitrogens with two attached hydrogens (primary N) is 1. The summed E-state index contributed by atoms with van der Waals surface area (Å²) >= 11 is 6.02. The number of aromatic amines is 1. The van der Waals surface area contributed by atoms with E-state index in [1.807, 2.05) is 0 Å². The van der Waals surface area contributed by atoms with Crippen LogP contribution in [0.5, 0.6) is 0 Å². The van der Waals surface area contributed by atoms with Gasteiger partial charge in [-0.05, 0) is 19.1 Å². The highest BCUT2D eigenvalue weighted by Crippen LogP contribution is 2.23. The predicted octanol–water partition coefficient (Wildman–Crippen LogP) is 1.92. The molecule has 6 nitrogen and oxygen atoms in total. The number of halogens is 2. The van der Waals surface area contributed by atoms with Crippen molar-refractivity contribution >= 4 is 22.5 Å². The van der Waals surface area contributed by atoms with Gasteiger partial charge in [-0.1, -0.05) is 11.6 Å². The Hall–Kier alpha value is -2.25. The van der Waals surface area contributed by atoms with E-state index in [1.165, 1.54) is 22.9 Å². The molecule has 0 saturated carbocycles. The topological polar surface area (TPSA) is 89.6 Å². The summed E-state index contributed by atoms with van der Waals surface area (Å²) in [5.41, 5.74) is 5.27. The molecule has 0 spiro atoms. The molecule has 3 rings (SSSR count). The lowest BCUT2D eigenvalue weighted by Crippen LogP contribution is -2.28. The van der Waals surface area contributed by atoms with Gasteiger partial charge in [-0.2, -0.15) is 5.10 Å². The van der Waals surface area contributed by atoms with Crippen LogP contribution in [0.3, 0.4) is 0 Å². The van der Waals surface area contributed by atoms with Crippen LogP contribution in [-0.4, -0.2) is 19.7 Å². The van der Waals surface area contributed by atoms with Crippen LogP contribution in [0.25, 0.3) is 16.7 Å². The van der Waals surface area contributed by atoms with Crippen LogP contribution < -0.4 is 11.3 Å². The van der Waals surface area contributed by atoms with Gasteiger partial charge in [0.15, 0.2) is 0 Å². The normalized spacial score (nSPS) is 12.8. The molecule has 0 saturated heterocycles. The van der Waals surface area contributed by atoms with Gasteiger partial charge in [-0.15, -0.1) is 0 Å². The molecule has 0 bridgehead atoms. The molecule has 3 N–H and O–H groups in total. The van der Waals surface area contributed by atoms with E-state index in [-0.39, 0.29) is 21.7 Å². The van der Waals surface area contributed by atoms with Crippen molar-refractivity contribution in [3.8, 4) is 5.82 Å². The molecule has 3 aromatic rings. The van der Waals surface area contributed by atoms with Crippen molar-refractivity contribution in [3.63, 3.8) is 0 Å². The van der Waals surface area contributed by atoms with Crippen LogP contribution in [0.1, 0.15) is 18.8 Å². The zero-order valence-electron chi connectivity index (χ0n) is 11.0. The number of nitrogens with zero attached hydrogens (tertiary/aromatic N) is 3. The van der Waals surface area contributed by atoms with E-state index in [9.17, 15) is 9.18 Å². The lowest BCUT2D eigenvalue weighted by atomic mass is 10.2. The molecule has 1 aromatic carbocycles. The third-order valence-corrected chi connectivity index (χ3v) is 3.40. The second-order valence-corrected chi connectivity index (χ2v) is 5.00. The first-order valence-electron chi connectivity index (χ1n) is 6.16. The van der Waals surface area contributed by atoms with Crippen molar-refractivity contribution in [1.29, 1.82) is 0 Å². The first-order chi connectivity index (χ1) is 10.0. The third-order valence-electron chi connectivity index (χ3n) is 3.08. The fourth-order valence-corrected chi connectivity index (χ4v) is 2.38. The highest BCUT2D eigenvalue weighted by Gasteiger charge is 2.19. The maximum atomic E-state index is 13.9. The SMILES string of the molecule is C[C@H](N)c1nc2c(F)ccc(Cl)c2c(=O)n1-c1ccn[nH]1. The summed E-state index contributed by atoms with van der Waals surface area (Å²) in [4.78, 5) is 16.9. The van der Waals surface area contributed by atoms with Crippen LogP contribution in [0.2, 0.25) is 5.02 Å². The van der Waals surface area contributed by atoms with E-state index < -0.39 is 17.4 Å². The molecule has 108 valence electrons. The molecule has 21 heavy (non-hydrogen) atoms. The molecule has 0 aliphatic rings. The molecule has 0 unspecified atom stereocenters. The van der Waals surface area contributed by atoms with E-state index in [0.717, 1.165) is 0 Å². The minimum Gasteiger partial charge on any atom is -0.322 e. The van der Waals surface area contributed by atoms with Gasteiger partial charge in [0.1, 0.15) is 23.0 Å². The zero-order valence-corrected chi connectivity index (χ0v) is 11.7. The smallest absolute Gasteiger partial charge is 0.268 e. The predicted molar refractivity (Wildman–Crippen MR) is 77.1 cm³/mol. The second-order valence-electron chi connectivity index (χ2n) is 4.59. The fraction of sp³-hybridized carbons (Fsp3) is 0.154. The maximum absolute atomic E-state index is 13.9. The Labute approximate surface area is 123 Å². The van der Waals surface area contributed by atoms with E-state index in [1.54, 1.807) is 13.0 Å². The molecule has 2 heterocycles. The van der Waals surface area contributed by atoms with Crippen molar-refractivity contribution in [3.05, 3.63) is 51.4 Å². The summed E-state index contributed by atoms with van der Waals surface area (Å²) in [6.07, 6.45) is 1.49. The van der Waals surface area contributed by atoms with Crippen LogP contribution in [0.15, 0.2) is 29.2 Å². The first-order valence-corrected chi connectivity index (χ1v) is 6.54. The monoisotopic (exact) mass is 307 g/mol. The lowest BCUT2D eigenvalue weighted by Gasteiger charge is -2.14. The molecule has 0 amide bonds. The summed E-state index contributed by atoms with van der Waals surface area (Å²) in [6.45, 7) is 1.66. The number of hydrogen-bond donors (Lipinski definition) is 2. The van der Waals surface area contributed by atoms with Crippen LogP contribution in [-0.2, 0) is 0 Å². The van der Waals surface area contributed by atoms with Gasteiger partial charge in [0.05, 0.1) is 22.6 Å². The van der Waals surface area contributed by atoms with Crippen molar-refractivity contribution in [2.45, 2.75) is 13.0 Å². The van der Waals surface area contributed by atoms with Gasteiger partial charge in [0, 0.05) is 6.07 Å². The van der Waals surface area contributed by atoms with E-state index >= 15 is 0 Å². The lowest BCUT2D eigenvalue weighted by molar-refractivity contribution is 0.629. The number of H-pyrrole nitrogens is 1. The van der Waals surface area contributed by atoms with E-state index in [2.05, 4.69) is 15.2 Å². The Balaban J connectivity index is 2.52. The summed E-state index contributed by atoms with van der Waals surface area (Å²) in [5.74, 6) is -0.00916. The number of fused-ring (bicyclic) bond motifs is 1. The second kappa shape index (κ2) is 4.94. The van der Waals surface area contributed by atoms with Gasteiger partial charge < -0.3 is 5.73 Å². The molecular weight excluding hydrogens is 297 g/mol. The largest absolute Gasteiger partial charge is 0.322 e. The van der Waals surface area contributed by atoms with Crippen molar-refractivity contribution in [1.82, 2.24) is 19.7 Å². The Kier molecular flexibility index (Phi) is 3.23. The standard InChI is InChI=1S/C13H11ClFN5O/c1-6(16)12-18-11-8(15)3-2-7(14)10(11)13(21)20(12)9-4-5-17-19-9/h2-6H,16H2,1H3,(H,17,19)/t6-/m0/s1. The average molecular weight is 308 g/mol. The number of rotatable bonds is 2. The molecule has 1 atom stereocenters.